The van der Waals surface area contributed by atoms with Gasteiger partial charge in [0.25, 0.3) is 0 Å². The second-order valence-electron chi connectivity index (χ2n) is 7.60. The van der Waals surface area contributed by atoms with Gasteiger partial charge < -0.3 is 37.2 Å². The van der Waals surface area contributed by atoms with Crippen molar-refractivity contribution < 1.29 is 58.9 Å². The van der Waals surface area contributed by atoms with Crippen molar-refractivity contribution in [2.24, 2.45) is 5.92 Å². The molecule has 1 aliphatic rings. The van der Waals surface area contributed by atoms with Crippen molar-refractivity contribution in [3.05, 3.63) is 114 Å². The van der Waals surface area contributed by atoms with E-state index in [1.807, 2.05) is 0 Å². The minimum absolute atomic E-state index is 0. The second-order valence-corrected chi connectivity index (χ2v) is 11.4. The Hall–Kier alpha value is -1.06. The van der Waals surface area contributed by atoms with Gasteiger partial charge in [-0.15, -0.1) is 0 Å². The van der Waals surface area contributed by atoms with Gasteiger partial charge in [-0.3, -0.25) is 6.08 Å². The topological polar surface area (TPSA) is 0 Å². The molecule has 5 heteroatoms. The molecule has 0 bridgehead atoms. The van der Waals surface area contributed by atoms with Crippen LogP contribution >= 0.6 is 0 Å². The maximum atomic E-state index is 3.66. The number of allylic oxidation sites excluding steroid dienone is 4. The minimum Gasteiger partial charge on any atom is -1.00 e. The summed E-state index contributed by atoms with van der Waals surface area (Å²) in [7, 11) is -2.35. The largest absolute Gasteiger partial charge is 4.00 e. The van der Waals surface area contributed by atoms with Crippen molar-refractivity contribution >= 4 is 23.6 Å². The van der Waals surface area contributed by atoms with Gasteiger partial charge in [0, 0.05) is 0 Å². The first-order chi connectivity index (χ1) is 13.8. The van der Waals surface area contributed by atoms with Gasteiger partial charge in [0.15, 0.2) is 0 Å². The van der Waals surface area contributed by atoms with E-state index in [4.69, 9.17) is 0 Å². The number of hydrogen-bond acceptors (Lipinski definition) is 0. The van der Waals surface area contributed by atoms with E-state index in [1.54, 1.807) is 5.20 Å². The molecule has 1 atom stereocenters. The van der Waals surface area contributed by atoms with Crippen LogP contribution in [0.25, 0.3) is 0 Å². The fourth-order valence-electron chi connectivity index (χ4n) is 4.55. The molecule has 0 amide bonds. The van der Waals surface area contributed by atoms with E-state index < -0.39 is 8.07 Å². The van der Waals surface area contributed by atoms with Gasteiger partial charge in [0.1, 0.15) is 0 Å². The van der Waals surface area contributed by atoms with Crippen molar-refractivity contribution in [2.45, 2.75) is 26.7 Å². The molecule has 1 unspecified atom stereocenters. The first kappa shape index (κ1) is 30.9. The molecule has 0 saturated carbocycles. The molecule has 0 aromatic heterocycles. The SMILES string of the molecule is CCC(C)C1=C([Si](c2ccccc2)(c2ccccc2)c2ccccc2)CC=[C-]1.[Cl-].[Cl-].[Cl-].[Ti+4]. The number of hydrogen-bond donors (Lipinski definition) is 0. The fraction of sp³-hybridized carbons (Fsp3) is 0.185. The summed E-state index contributed by atoms with van der Waals surface area (Å²) in [6, 6.07) is 33.6. The van der Waals surface area contributed by atoms with Crippen LogP contribution in [-0.4, -0.2) is 8.07 Å². The van der Waals surface area contributed by atoms with E-state index in [0.29, 0.717) is 5.92 Å². The molecule has 3 aromatic rings. The number of halogens is 3. The van der Waals surface area contributed by atoms with Gasteiger partial charge in [-0.05, 0) is 0 Å². The summed E-state index contributed by atoms with van der Waals surface area (Å²) >= 11 is 0. The normalized spacial score (nSPS) is 13.2. The second kappa shape index (κ2) is 14.3. The monoisotopic (exact) mass is 532 g/mol. The van der Waals surface area contributed by atoms with Crippen LogP contribution in [0.1, 0.15) is 26.7 Å². The first-order valence-electron chi connectivity index (χ1n) is 10.3. The Bertz CT molecular complexity index is 893. The molecule has 32 heavy (non-hydrogen) atoms. The Labute approximate surface area is 227 Å². The molecular weight excluding hydrogens is 507 g/mol. The maximum Gasteiger partial charge on any atom is 4.00 e. The van der Waals surface area contributed by atoms with E-state index in [9.17, 15) is 0 Å². The fourth-order valence-corrected chi connectivity index (χ4v) is 9.80. The molecule has 0 radical (unpaired) electrons. The average Bonchev–Trinajstić information content (AvgIpc) is 3.26. The molecule has 0 heterocycles. The van der Waals surface area contributed by atoms with E-state index in [0.717, 1.165) is 12.8 Å². The summed E-state index contributed by atoms with van der Waals surface area (Å²) in [4.78, 5) is 0. The van der Waals surface area contributed by atoms with Crippen LogP contribution < -0.4 is 52.8 Å². The zero-order chi connectivity index (χ0) is 19.4. The minimum atomic E-state index is -2.35. The van der Waals surface area contributed by atoms with Gasteiger partial charge in [0.05, 0.1) is 8.07 Å². The Balaban J connectivity index is 0.00000240. The van der Waals surface area contributed by atoms with Gasteiger partial charge in [-0.25, -0.2) is 10.8 Å². The predicted molar refractivity (Wildman–Crippen MR) is 123 cm³/mol. The summed E-state index contributed by atoms with van der Waals surface area (Å²) in [6.45, 7) is 4.63. The van der Waals surface area contributed by atoms with Crippen LogP contribution in [0.2, 0.25) is 0 Å². The van der Waals surface area contributed by atoms with Crippen LogP contribution in [0.5, 0.6) is 0 Å². The summed E-state index contributed by atoms with van der Waals surface area (Å²) in [6.07, 6.45) is 8.06. The van der Waals surface area contributed by atoms with Crippen LogP contribution in [0.3, 0.4) is 0 Å². The van der Waals surface area contributed by atoms with Crippen LogP contribution in [-0.2, 0) is 21.7 Å². The number of benzene rings is 3. The molecule has 0 spiro atoms. The molecule has 0 fully saturated rings. The Kier molecular flexibility index (Phi) is 13.8. The zero-order valence-corrected chi connectivity index (χ0v) is 23.2. The smallest absolute Gasteiger partial charge is 1.00 e. The zero-order valence-electron chi connectivity index (χ0n) is 18.4. The van der Waals surface area contributed by atoms with Gasteiger partial charge >= 0.3 is 21.7 Å². The van der Waals surface area contributed by atoms with Gasteiger partial charge in [-0.2, -0.15) is 6.08 Å². The summed E-state index contributed by atoms with van der Waals surface area (Å²) in [5, 5.41) is 5.98. The van der Waals surface area contributed by atoms with Crippen LogP contribution in [0.15, 0.2) is 108 Å². The van der Waals surface area contributed by atoms with E-state index in [2.05, 4.69) is 117 Å². The molecule has 0 saturated heterocycles. The average molecular weight is 534 g/mol. The van der Waals surface area contributed by atoms with Crippen LogP contribution in [0, 0.1) is 12.0 Å². The quantitative estimate of drug-likeness (QED) is 0.171. The molecular formula is C27H27Cl3SiTi. The van der Waals surface area contributed by atoms with Crippen molar-refractivity contribution in [3.8, 4) is 0 Å². The third-order valence-corrected chi connectivity index (χ3v) is 11.0. The molecule has 3 aromatic carbocycles. The number of rotatable bonds is 6. The first-order valence-corrected chi connectivity index (χ1v) is 12.3. The summed E-state index contributed by atoms with van der Waals surface area (Å²) < 4.78 is 0. The molecule has 0 aliphatic heterocycles. The van der Waals surface area contributed by atoms with Crippen LogP contribution in [0.4, 0.5) is 0 Å². The van der Waals surface area contributed by atoms with E-state index in [-0.39, 0.29) is 58.9 Å². The predicted octanol–water partition coefficient (Wildman–Crippen LogP) is -4.19. The Morgan fingerprint density at radius 1 is 0.719 bits per heavy atom. The molecule has 164 valence electrons. The maximum absolute atomic E-state index is 3.66. The Morgan fingerprint density at radius 3 is 1.44 bits per heavy atom. The third-order valence-electron chi connectivity index (χ3n) is 6.07. The standard InChI is InChI=1S/C27H27Si.3ClH.Ti/c1-3-22(2)26-20-13-21-27(26)28(23-14-7-4-8-15-23,24-16-9-5-10-17-24)25-18-11-6-12-19-25;;;;/h4-19,22H,3,21H2,1-2H3;3*1H;/q-1;;;;+4/p-3. The third kappa shape index (κ3) is 5.70. The van der Waals surface area contributed by atoms with Gasteiger partial charge in [0.2, 0.25) is 0 Å². The van der Waals surface area contributed by atoms with Crippen molar-refractivity contribution in [2.75, 3.05) is 0 Å². The van der Waals surface area contributed by atoms with E-state index in [1.165, 1.54) is 21.1 Å². The molecule has 4 rings (SSSR count). The summed E-state index contributed by atoms with van der Waals surface area (Å²) in [5.41, 5.74) is 1.44. The molecule has 0 N–H and O–H groups in total. The van der Waals surface area contributed by atoms with Crippen molar-refractivity contribution in [1.82, 2.24) is 0 Å². The molecule has 0 nitrogen and oxygen atoms in total. The van der Waals surface area contributed by atoms with Gasteiger partial charge in [-0.1, -0.05) is 139 Å². The molecule has 1 aliphatic carbocycles. The van der Waals surface area contributed by atoms with Crippen molar-refractivity contribution in [1.29, 1.82) is 0 Å². The van der Waals surface area contributed by atoms with Crippen molar-refractivity contribution in [3.63, 3.8) is 0 Å². The van der Waals surface area contributed by atoms with E-state index >= 15 is 0 Å². The summed E-state index contributed by atoms with van der Waals surface area (Å²) in [5.74, 6) is 0.525. The Morgan fingerprint density at radius 2 is 1.09 bits per heavy atom.